The number of imidazole rings is 1. The largest absolute Gasteiger partial charge is 0.459 e. The molecule has 0 unspecified atom stereocenters. The molecule has 1 aliphatic rings. The Morgan fingerprint density at radius 3 is 2.92 bits per heavy atom. The van der Waals surface area contributed by atoms with Gasteiger partial charge in [-0.3, -0.25) is 4.57 Å². The Labute approximate surface area is 153 Å². The van der Waals surface area contributed by atoms with Gasteiger partial charge >= 0.3 is 5.97 Å². The molecule has 2 aromatic heterocycles. The molecular formula is C17H16ClN5O3. The van der Waals surface area contributed by atoms with Gasteiger partial charge in [0.15, 0.2) is 10.8 Å². The summed E-state index contributed by atoms with van der Waals surface area (Å²) in [7, 11) is 0. The van der Waals surface area contributed by atoms with Gasteiger partial charge in [-0.15, -0.1) is 0 Å². The van der Waals surface area contributed by atoms with Crippen molar-refractivity contribution < 1.29 is 14.3 Å². The summed E-state index contributed by atoms with van der Waals surface area (Å²) in [6.45, 7) is 0.189. The molecule has 0 amide bonds. The van der Waals surface area contributed by atoms with Gasteiger partial charge in [-0.25, -0.2) is 9.78 Å². The zero-order chi connectivity index (χ0) is 18.1. The van der Waals surface area contributed by atoms with Crippen LogP contribution in [0.15, 0.2) is 36.7 Å². The molecule has 2 atom stereocenters. The number of benzene rings is 1. The van der Waals surface area contributed by atoms with Crippen LogP contribution in [-0.2, 0) is 9.47 Å². The minimum absolute atomic E-state index is 0.0792. The topological polar surface area (TPSA) is 105 Å². The molecule has 0 saturated carbocycles. The van der Waals surface area contributed by atoms with Crippen LogP contribution in [0.2, 0.25) is 5.15 Å². The normalized spacial score (nSPS) is 19.7. The zero-order valence-electron chi connectivity index (χ0n) is 13.7. The van der Waals surface area contributed by atoms with Gasteiger partial charge in [0, 0.05) is 0 Å². The molecule has 134 valence electrons. The van der Waals surface area contributed by atoms with Gasteiger partial charge in [-0.1, -0.05) is 29.8 Å². The van der Waals surface area contributed by atoms with E-state index < -0.39 is 0 Å². The second-order valence-electron chi connectivity index (χ2n) is 5.95. The number of carbonyl (C=O) groups is 1. The predicted octanol–water partition coefficient (Wildman–Crippen LogP) is 2.60. The number of hydrogen-bond donors (Lipinski definition) is 1. The van der Waals surface area contributed by atoms with Crippen LogP contribution < -0.4 is 5.73 Å². The van der Waals surface area contributed by atoms with E-state index in [0.717, 1.165) is 12.8 Å². The first-order valence-electron chi connectivity index (χ1n) is 8.15. The van der Waals surface area contributed by atoms with E-state index in [1.165, 1.54) is 0 Å². The standard InChI is InChI=1S/C17H16ClN5O3/c18-14-13-15(22-17(19)21-14)23(9-20-13)12-7-6-11(26-12)8-25-16(24)10-4-2-1-3-5-10/h1-5,9,11-12H,6-8H2,(H2,19,21,22)/t11-,12+/m0/s1. The summed E-state index contributed by atoms with van der Waals surface area (Å²) in [5.74, 6) is -0.284. The number of ether oxygens (including phenoxy) is 2. The Kier molecular flexibility index (Phi) is 4.44. The Bertz CT molecular complexity index is 946. The van der Waals surface area contributed by atoms with Gasteiger partial charge in [-0.2, -0.15) is 9.97 Å². The maximum atomic E-state index is 12.0. The molecule has 1 fully saturated rings. The lowest BCUT2D eigenvalue weighted by molar-refractivity contribution is -0.0309. The summed E-state index contributed by atoms with van der Waals surface area (Å²) < 4.78 is 13.1. The molecule has 3 heterocycles. The molecule has 2 N–H and O–H groups in total. The third-order valence-electron chi connectivity index (χ3n) is 4.20. The fraction of sp³-hybridized carbons (Fsp3) is 0.294. The van der Waals surface area contributed by atoms with Gasteiger partial charge in [0.05, 0.1) is 18.0 Å². The molecule has 9 heteroatoms. The second-order valence-corrected chi connectivity index (χ2v) is 6.31. The summed E-state index contributed by atoms with van der Waals surface area (Å²) in [5.41, 5.74) is 7.18. The number of esters is 1. The highest BCUT2D eigenvalue weighted by atomic mass is 35.5. The van der Waals surface area contributed by atoms with E-state index in [1.54, 1.807) is 35.2 Å². The number of nitrogens with two attached hydrogens (primary N) is 1. The van der Waals surface area contributed by atoms with Crippen molar-refractivity contribution in [3.8, 4) is 0 Å². The van der Waals surface area contributed by atoms with Crippen LogP contribution in [-0.4, -0.2) is 38.2 Å². The van der Waals surface area contributed by atoms with Crippen molar-refractivity contribution >= 4 is 34.7 Å². The van der Waals surface area contributed by atoms with E-state index in [9.17, 15) is 4.79 Å². The average Bonchev–Trinajstić information content (AvgIpc) is 3.27. The minimum atomic E-state index is -0.363. The highest BCUT2D eigenvalue weighted by Gasteiger charge is 2.29. The Balaban J connectivity index is 1.42. The first-order chi connectivity index (χ1) is 12.6. The third kappa shape index (κ3) is 3.21. The minimum Gasteiger partial charge on any atom is -0.459 e. The summed E-state index contributed by atoms with van der Waals surface area (Å²) in [4.78, 5) is 24.3. The SMILES string of the molecule is Nc1nc(Cl)c2ncn([C@H]3CC[C@@H](COC(=O)c4ccccc4)O3)c2n1. The predicted molar refractivity (Wildman–Crippen MR) is 94.6 cm³/mol. The van der Waals surface area contributed by atoms with Crippen molar-refractivity contribution in [2.45, 2.75) is 25.2 Å². The molecule has 1 aliphatic heterocycles. The fourth-order valence-electron chi connectivity index (χ4n) is 2.95. The van der Waals surface area contributed by atoms with Gasteiger partial charge in [-0.05, 0) is 25.0 Å². The van der Waals surface area contributed by atoms with Crippen molar-refractivity contribution in [2.75, 3.05) is 12.3 Å². The van der Waals surface area contributed by atoms with Crippen molar-refractivity contribution in [3.63, 3.8) is 0 Å². The van der Waals surface area contributed by atoms with E-state index in [2.05, 4.69) is 15.0 Å². The van der Waals surface area contributed by atoms with Crippen LogP contribution >= 0.6 is 11.6 Å². The van der Waals surface area contributed by atoms with Crippen LogP contribution in [0, 0.1) is 0 Å². The lowest BCUT2D eigenvalue weighted by atomic mass is 10.2. The number of fused-ring (bicyclic) bond motifs is 1. The monoisotopic (exact) mass is 373 g/mol. The number of aromatic nitrogens is 4. The maximum Gasteiger partial charge on any atom is 0.338 e. The van der Waals surface area contributed by atoms with E-state index in [1.807, 2.05) is 6.07 Å². The van der Waals surface area contributed by atoms with Crippen LogP contribution in [0.1, 0.15) is 29.4 Å². The van der Waals surface area contributed by atoms with Crippen LogP contribution in [0.3, 0.4) is 0 Å². The van der Waals surface area contributed by atoms with Crippen LogP contribution in [0.4, 0.5) is 5.95 Å². The first kappa shape index (κ1) is 16.7. The van der Waals surface area contributed by atoms with Crippen LogP contribution in [0.5, 0.6) is 0 Å². The first-order valence-corrected chi connectivity index (χ1v) is 8.53. The molecule has 3 aromatic rings. The number of rotatable bonds is 4. The molecule has 8 nitrogen and oxygen atoms in total. The number of hydrogen-bond acceptors (Lipinski definition) is 7. The Morgan fingerprint density at radius 2 is 2.12 bits per heavy atom. The van der Waals surface area contributed by atoms with Gasteiger partial charge < -0.3 is 15.2 Å². The Hall–Kier alpha value is -2.71. The number of anilines is 1. The molecule has 0 bridgehead atoms. The lowest BCUT2D eigenvalue weighted by Crippen LogP contribution is -2.19. The molecule has 4 rings (SSSR count). The van der Waals surface area contributed by atoms with Gasteiger partial charge in [0.2, 0.25) is 5.95 Å². The van der Waals surface area contributed by atoms with Crippen molar-refractivity contribution in [3.05, 3.63) is 47.4 Å². The molecule has 1 aromatic carbocycles. The quantitative estimate of drug-likeness (QED) is 0.553. The molecule has 0 aliphatic carbocycles. The fourth-order valence-corrected chi connectivity index (χ4v) is 3.17. The summed E-state index contributed by atoms with van der Waals surface area (Å²) in [6, 6.07) is 8.86. The summed E-state index contributed by atoms with van der Waals surface area (Å²) in [5, 5.41) is 0.206. The third-order valence-corrected chi connectivity index (χ3v) is 4.46. The smallest absolute Gasteiger partial charge is 0.338 e. The molecule has 1 saturated heterocycles. The number of nitrogens with zero attached hydrogens (tertiary/aromatic N) is 4. The molecule has 26 heavy (non-hydrogen) atoms. The van der Waals surface area contributed by atoms with E-state index in [0.29, 0.717) is 16.7 Å². The highest BCUT2D eigenvalue weighted by molar-refractivity contribution is 6.33. The summed E-state index contributed by atoms with van der Waals surface area (Å²) >= 11 is 6.05. The van der Waals surface area contributed by atoms with Crippen LogP contribution in [0.25, 0.3) is 11.2 Å². The van der Waals surface area contributed by atoms with E-state index >= 15 is 0 Å². The van der Waals surface area contributed by atoms with Crippen molar-refractivity contribution in [1.82, 2.24) is 19.5 Å². The molecule has 0 spiro atoms. The number of nitrogen functional groups attached to an aromatic ring is 1. The number of carbonyl (C=O) groups excluding carboxylic acids is 1. The Morgan fingerprint density at radius 1 is 1.31 bits per heavy atom. The van der Waals surface area contributed by atoms with E-state index in [-0.39, 0.29) is 36.0 Å². The maximum absolute atomic E-state index is 12.0. The molecule has 0 radical (unpaired) electrons. The van der Waals surface area contributed by atoms with Gasteiger partial charge in [0.1, 0.15) is 18.4 Å². The van der Waals surface area contributed by atoms with Gasteiger partial charge in [0.25, 0.3) is 0 Å². The lowest BCUT2D eigenvalue weighted by Gasteiger charge is -2.15. The van der Waals surface area contributed by atoms with E-state index in [4.69, 9.17) is 26.8 Å². The highest BCUT2D eigenvalue weighted by Crippen LogP contribution is 2.31. The van der Waals surface area contributed by atoms with Crippen molar-refractivity contribution in [1.29, 1.82) is 0 Å². The van der Waals surface area contributed by atoms with Crippen molar-refractivity contribution in [2.24, 2.45) is 0 Å². The zero-order valence-corrected chi connectivity index (χ0v) is 14.5. The summed E-state index contributed by atoms with van der Waals surface area (Å²) in [6.07, 6.45) is 2.63. The molecular weight excluding hydrogens is 358 g/mol. The number of halogens is 1. The second kappa shape index (κ2) is 6.89. The average molecular weight is 374 g/mol.